The number of carbonyl (C=O) groups is 2. The van der Waals surface area contributed by atoms with Gasteiger partial charge >= 0.3 is 0 Å². The van der Waals surface area contributed by atoms with Crippen LogP contribution < -0.4 is 11.2 Å². The van der Waals surface area contributed by atoms with E-state index in [-0.39, 0.29) is 5.56 Å². The molecule has 2 amide bonds. The molecule has 0 fully saturated rings. The minimum atomic E-state index is -2.14. The predicted molar refractivity (Wildman–Crippen MR) is 111 cm³/mol. The Kier molecular flexibility index (Phi) is 6.21. The average molecular weight is 418 g/mol. The van der Waals surface area contributed by atoms with Crippen LogP contribution in [0.25, 0.3) is 0 Å². The molecule has 1 unspecified atom stereocenters. The van der Waals surface area contributed by atoms with Crippen LogP contribution >= 0.6 is 0 Å². The summed E-state index contributed by atoms with van der Waals surface area (Å²) in [6, 6.07) is 13.3. The van der Waals surface area contributed by atoms with Crippen molar-refractivity contribution in [2.45, 2.75) is 12.6 Å². The molecule has 0 aliphatic carbocycles. The Morgan fingerprint density at radius 1 is 1.10 bits per heavy atom. The normalized spacial score (nSPS) is 12.9. The molecule has 1 heterocycles. The van der Waals surface area contributed by atoms with Crippen molar-refractivity contribution in [3.8, 4) is 11.8 Å². The number of aliphatic hydroxyl groups is 1. The van der Waals surface area contributed by atoms with E-state index in [0.717, 1.165) is 10.2 Å². The van der Waals surface area contributed by atoms with Gasteiger partial charge in [0.25, 0.3) is 11.8 Å². The fraction of sp³-hybridized carbons (Fsp3) is 0.0952. The summed E-state index contributed by atoms with van der Waals surface area (Å²) >= 11 is 0. The number of nitrogens with one attached hydrogen (secondary N) is 1. The van der Waals surface area contributed by atoms with E-state index >= 15 is 0 Å². The van der Waals surface area contributed by atoms with Crippen molar-refractivity contribution in [2.75, 3.05) is 5.73 Å². The standard InChI is InChI=1S/C21H18N6O4/c1-21(30,27-13-12-23-26-27)18(20(29)25-31)24-19(28)16-8-4-14(5-9-16)2-3-15-6-10-17(22)11-7-15/h4-13,30-31H,22H2,1H3,(H,25,29). The summed E-state index contributed by atoms with van der Waals surface area (Å²) in [6.45, 7) is 1.18. The summed E-state index contributed by atoms with van der Waals surface area (Å²) in [4.78, 5) is 28.3. The van der Waals surface area contributed by atoms with Crippen LogP contribution in [0, 0.1) is 11.8 Å². The van der Waals surface area contributed by atoms with Gasteiger partial charge in [-0.3, -0.25) is 14.8 Å². The Morgan fingerprint density at radius 3 is 2.19 bits per heavy atom. The number of nitrogens with zero attached hydrogens (tertiary/aromatic N) is 4. The molecule has 0 radical (unpaired) electrons. The van der Waals surface area contributed by atoms with E-state index in [1.54, 1.807) is 36.4 Å². The van der Waals surface area contributed by atoms with Crippen molar-refractivity contribution < 1.29 is 19.9 Å². The maximum atomic E-state index is 12.6. The van der Waals surface area contributed by atoms with Gasteiger partial charge in [-0.2, -0.15) is 0 Å². The Hall–Kier alpha value is -4.33. The molecule has 3 rings (SSSR count). The number of carbonyl (C=O) groups excluding carboxylic acids is 2. The lowest BCUT2D eigenvalue weighted by atomic mass is 10.1. The smallest absolute Gasteiger partial charge is 0.294 e. The third-order valence-electron chi connectivity index (χ3n) is 4.24. The van der Waals surface area contributed by atoms with Crippen molar-refractivity contribution in [2.24, 2.45) is 4.99 Å². The topological polar surface area (TPSA) is 156 Å². The number of aliphatic imine (C=N–C) groups is 1. The summed E-state index contributed by atoms with van der Waals surface area (Å²) in [5.74, 6) is 3.97. The molecule has 0 aliphatic heterocycles. The summed E-state index contributed by atoms with van der Waals surface area (Å²) in [6.07, 6.45) is 2.55. The molecule has 1 aromatic heterocycles. The zero-order valence-electron chi connectivity index (χ0n) is 16.4. The number of hydrogen-bond acceptors (Lipinski definition) is 7. The zero-order valence-corrected chi connectivity index (χ0v) is 16.4. The number of anilines is 1. The number of nitrogens with two attached hydrogens (primary N) is 1. The second-order valence-electron chi connectivity index (χ2n) is 6.52. The van der Waals surface area contributed by atoms with Crippen LogP contribution in [0.1, 0.15) is 28.4 Å². The first-order chi connectivity index (χ1) is 14.8. The number of hydrogen-bond donors (Lipinski definition) is 4. The molecule has 10 heteroatoms. The Bertz CT molecular complexity index is 1170. The van der Waals surface area contributed by atoms with E-state index in [9.17, 15) is 14.7 Å². The van der Waals surface area contributed by atoms with Crippen LogP contribution in [0.3, 0.4) is 0 Å². The van der Waals surface area contributed by atoms with Gasteiger partial charge in [0.1, 0.15) is 0 Å². The summed E-state index contributed by atoms with van der Waals surface area (Å²) < 4.78 is 0.921. The van der Waals surface area contributed by atoms with Gasteiger partial charge in [0.2, 0.25) is 5.72 Å². The molecule has 31 heavy (non-hydrogen) atoms. The first-order valence-corrected chi connectivity index (χ1v) is 8.96. The molecule has 0 spiro atoms. The van der Waals surface area contributed by atoms with Crippen LogP contribution in [0.4, 0.5) is 5.69 Å². The SMILES string of the molecule is CC(O)(C(=NC(=O)c1ccc(C#Cc2ccc(N)cc2)cc1)C(=O)NO)n1ccnn1. The maximum absolute atomic E-state index is 12.6. The van der Waals surface area contributed by atoms with Gasteiger partial charge in [-0.15, -0.1) is 5.10 Å². The molecule has 156 valence electrons. The van der Waals surface area contributed by atoms with Gasteiger partial charge in [0, 0.05) is 28.6 Å². The third-order valence-corrected chi connectivity index (χ3v) is 4.24. The Morgan fingerprint density at radius 2 is 1.68 bits per heavy atom. The number of hydroxylamine groups is 1. The van der Waals surface area contributed by atoms with Gasteiger partial charge < -0.3 is 10.8 Å². The summed E-state index contributed by atoms with van der Waals surface area (Å²) in [5.41, 5.74) is 6.44. The maximum Gasteiger partial charge on any atom is 0.294 e. The van der Waals surface area contributed by atoms with Crippen molar-refractivity contribution in [3.63, 3.8) is 0 Å². The quantitative estimate of drug-likeness (QED) is 0.160. The highest BCUT2D eigenvalue weighted by Gasteiger charge is 2.36. The second-order valence-corrected chi connectivity index (χ2v) is 6.52. The van der Waals surface area contributed by atoms with Crippen LogP contribution in [-0.4, -0.2) is 42.8 Å². The van der Waals surface area contributed by atoms with Gasteiger partial charge in [0.15, 0.2) is 5.71 Å². The van der Waals surface area contributed by atoms with Crippen molar-refractivity contribution in [1.82, 2.24) is 20.5 Å². The van der Waals surface area contributed by atoms with E-state index in [0.29, 0.717) is 11.3 Å². The lowest BCUT2D eigenvalue weighted by molar-refractivity contribution is -0.124. The first-order valence-electron chi connectivity index (χ1n) is 8.96. The van der Waals surface area contributed by atoms with E-state index in [1.807, 2.05) is 0 Å². The second kappa shape index (κ2) is 9.00. The molecule has 3 aromatic rings. The number of nitrogen functional groups attached to an aromatic ring is 1. The molecular weight excluding hydrogens is 400 g/mol. The first kappa shape index (κ1) is 21.4. The van der Waals surface area contributed by atoms with E-state index in [1.165, 1.54) is 36.9 Å². The summed E-state index contributed by atoms with van der Waals surface area (Å²) in [5, 5.41) is 26.8. The molecular formula is C21H18N6O4. The number of amides is 2. The van der Waals surface area contributed by atoms with E-state index in [4.69, 9.17) is 10.9 Å². The third kappa shape index (κ3) is 4.99. The van der Waals surface area contributed by atoms with E-state index < -0.39 is 23.3 Å². The highest BCUT2D eigenvalue weighted by Crippen LogP contribution is 2.15. The zero-order chi connectivity index (χ0) is 22.4. The van der Waals surface area contributed by atoms with Crippen LogP contribution in [-0.2, 0) is 10.5 Å². The van der Waals surface area contributed by atoms with Crippen LogP contribution in [0.15, 0.2) is 65.9 Å². The minimum absolute atomic E-state index is 0.149. The fourth-order valence-electron chi connectivity index (χ4n) is 2.55. The Labute approximate surface area is 177 Å². The summed E-state index contributed by atoms with van der Waals surface area (Å²) in [7, 11) is 0. The average Bonchev–Trinajstić information content (AvgIpc) is 3.32. The monoisotopic (exact) mass is 418 g/mol. The van der Waals surface area contributed by atoms with E-state index in [2.05, 4.69) is 27.1 Å². The molecule has 2 aromatic carbocycles. The Balaban J connectivity index is 1.84. The van der Waals surface area contributed by atoms with Gasteiger partial charge in [-0.25, -0.2) is 15.2 Å². The van der Waals surface area contributed by atoms with Crippen molar-refractivity contribution >= 4 is 23.2 Å². The number of rotatable bonds is 4. The highest BCUT2D eigenvalue weighted by atomic mass is 16.5. The molecule has 1 atom stereocenters. The fourth-order valence-corrected chi connectivity index (χ4v) is 2.55. The molecule has 0 bridgehead atoms. The molecule has 0 aliphatic rings. The molecule has 0 saturated carbocycles. The van der Waals surface area contributed by atoms with Gasteiger partial charge in [-0.1, -0.05) is 17.1 Å². The minimum Gasteiger partial charge on any atom is -0.399 e. The lowest BCUT2D eigenvalue weighted by Gasteiger charge is -2.23. The molecule has 10 nitrogen and oxygen atoms in total. The lowest BCUT2D eigenvalue weighted by Crippen LogP contribution is -2.47. The molecule has 0 saturated heterocycles. The van der Waals surface area contributed by atoms with Gasteiger partial charge in [-0.05, 0) is 55.5 Å². The number of aromatic nitrogens is 3. The number of benzene rings is 2. The van der Waals surface area contributed by atoms with Crippen molar-refractivity contribution in [1.29, 1.82) is 0 Å². The van der Waals surface area contributed by atoms with Crippen LogP contribution in [0.5, 0.6) is 0 Å². The highest BCUT2D eigenvalue weighted by molar-refractivity contribution is 6.42. The van der Waals surface area contributed by atoms with Crippen LogP contribution in [0.2, 0.25) is 0 Å². The largest absolute Gasteiger partial charge is 0.399 e. The predicted octanol–water partition coefficient (Wildman–Crippen LogP) is 0.712. The molecule has 5 N–H and O–H groups in total. The van der Waals surface area contributed by atoms with Crippen molar-refractivity contribution in [3.05, 3.63) is 77.6 Å². The van der Waals surface area contributed by atoms with Gasteiger partial charge in [0.05, 0.1) is 6.20 Å².